The van der Waals surface area contributed by atoms with Crippen LogP contribution in [0.4, 0.5) is 0 Å². The fraction of sp³-hybridized carbons (Fsp3) is 0.278. The Balaban J connectivity index is 1.81. The second-order valence-corrected chi connectivity index (χ2v) is 6.29. The monoisotopic (exact) mass is 343 g/mol. The van der Waals surface area contributed by atoms with Gasteiger partial charge in [0.15, 0.2) is 0 Å². The molecule has 5 nitrogen and oxygen atoms in total. The Hall–Kier alpha value is -2.40. The van der Waals surface area contributed by atoms with Gasteiger partial charge in [-0.1, -0.05) is 41.9 Å². The van der Waals surface area contributed by atoms with Crippen molar-refractivity contribution in [2.75, 3.05) is 0 Å². The van der Waals surface area contributed by atoms with E-state index in [1.807, 2.05) is 37.3 Å². The van der Waals surface area contributed by atoms with Crippen LogP contribution in [0.1, 0.15) is 40.5 Å². The third-order valence-corrected chi connectivity index (χ3v) is 4.42. The molecule has 0 saturated carbocycles. The Morgan fingerprint density at radius 3 is 2.79 bits per heavy atom. The van der Waals surface area contributed by atoms with Gasteiger partial charge in [0.05, 0.1) is 22.7 Å². The van der Waals surface area contributed by atoms with Gasteiger partial charge in [0.25, 0.3) is 5.91 Å². The summed E-state index contributed by atoms with van der Waals surface area (Å²) < 4.78 is 0. The summed E-state index contributed by atoms with van der Waals surface area (Å²) in [6.45, 7) is 1.82. The highest BCUT2D eigenvalue weighted by Gasteiger charge is 2.31. The molecule has 1 fully saturated rings. The van der Waals surface area contributed by atoms with Crippen molar-refractivity contribution in [2.45, 2.75) is 31.8 Å². The molecule has 0 radical (unpaired) electrons. The molecule has 3 rings (SSSR count). The maximum Gasteiger partial charge on any atom is 0.254 e. The lowest BCUT2D eigenvalue weighted by molar-refractivity contribution is -0.123. The average Bonchev–Trinajstić information content (AvgIpc) is 2.57. The molecule has 0 aliphatic carbocycles. The molecule has 2 atom stereocenters. The van der Waals surface area contributed by atoms with Gasteiger partial charge < -0.3 is 10.6 Å². The minimum atomic E-state index is -0.283. The van der Waals surface area contributed by atoms with Crippen LogP contribution in [0.5, 0.6) is 0 Å². The minimum absolute atomic E-state index is 0.00983. The zero-order chi connectivity index (χ0) is 17.1. The van der Waals surface area contributed by atoms with E-state index in [1.165, 1.54) is 6.20 Å². The molecular formula is C18H18ClN3O2. The maximum atomic E-state index is 12.6. The Labute approximate surface area is 145 Å². The van der Waals surface area contributed by atoms with Crippen molar-refractivity contribution in [3.8, 4) is 0 Å². The highest BCUT2D eigenvalue weighted by molar-refractivity contribution is 6.33. The lowest BCUT2D eigenvalue weighted by Gasteiger charge is -2.33. The normalized spacial score (nSPS) is 20.3. The van der Waals surface area contributed by atoms with Gasteiger partial charge in [-0.25, -0.2) is 0 Å². The van der Waals surface area contributed by atoms with Crippen LogP contribution in [0.15, 0.2) is 42.6 Å². The number of rotatable bonds is 3. The van der Waals surface area contributed by atoms with Crippen molar-refractivity contribution in [1.29, 1.82) is 0 Å². The third-order valence-electron chi connectivity index (χ3n) is 4.11. The highest BCUT2D eigenvalue weighted by atomic mass is 35.5. The molecule has 2 amide bonds. The van der Waals surface area contributed by atoms with Gasteiger partial charge >= 0.3 is 0 Å². The van der Waals surface area contributed by atoms with Crippen molar-refractivity contribution in [1.82, 2.24) is 15.6 Å². The van der Waals surface area contributed by atoms with Gasteiger partial charge in [0, 0.05) is 18.3 Å². The Morgan fingerprint density at radius 2 is 2.08 bits per heavy atom. The number of pyridine rings is 1. The molecule has 2 aromatic rings. The Morgan fingerprint density at radius 1 is 1.33 bits per heavy atom. The molecule has 0 spiro atoms. The second kappa shape index (κ2) is 7.01. The number of nitrogens with zero attached hydrogens (tertiary/aromatic N) is 1. The topological polar surface area (TPSA) is 71.1 Å². The smallest absolute Gasteiger partial charge is 0.254 e. The zero-order valence-corrected chi connectivity index (χ0v) is 14.0. The molecule has 1 aliphatic heterocycles. The molecule has 2 heterocycles. The third kappa shape index (κ3) is 3.57. The van der Waals surface area contributed by atoms with Crippen LogP contribution < -0.4 is 10.6 Å². The number of halogens is 1. The van der Waals surface area contributed by atoms with E-state index < -0.39 is 0 Å². The highest BCUT2D eigenvalue weighted by Crippen LogP contribution is 2.25. The number of hydrogen-bond donors (Lipinski definition) is 2. The first-order valence-electron chi connectivity index (χ1n) is 7.82. The average molecular weight is 344 g/mol. The van der Waals surface area contributed by atoms with E-state index in [-0.39, 0.29) is 23.9 Å². The van der Waals surface area contributed by atoms with E-state index in [0.29, 0.717) is 23.4 Å². The lowest BCUT2D eigenvalue weighted by Crippen LogP contribution is -2.50. The molecule has 2 N–H and O–H groups in total. The van der Waals surface area contributed by atoms with Crippen LogP contribution in [-0.4, -0.2) is 22.8 Å². The van der Waals surface area contributed by atoms with Crippen LogP contribution in [0, 0.1) is 6.92 Å². The number of carbonyl (C=O) groups is 2. The fourth-order valence-electron chi connectivity index (χ4n) is 2.87. The summed E-state index contributed by atoms with van der Waals surface area (Å²) in [6, 6.07) is 10.8. The van der Waals surface area contributed by atoms with Crippen LogP contribution in [-0.2, 0) is 4.79 Å². The van der Waals surface area contributed by atoms with E-state index in [9.17, 15) is 9.59 Å². The Kier molecular flexibility index (Phi) is 4.81. The number of amides is 2. The largest absolute Gasteiger partial charge is 0.347 e. The predicted molar refractivity (Wildman–Crippen MR) is 91.8 cm³/mol. The van der Waals surface area contributed by atoms with E-state index in [1.54, 1.807) is 6.07 Å². The lowest BCUT2D eigenvalue weighted by atomic mass is 9.91. The zero-order valence-electron chi connectivity index (χ0n) is 13.3. The molecule has 1 aromatic carbocycles. The van der Waals surface area contributed by atoms with Crippen molar-refractivity contribution < 1.29 is 9.59 Å². The summed E-state index contributed by atoms with van der Waals surface area (Å²) in [4.78, 5) is 28.5. The van der Waals surface area contributed by atoms with Gasteiger partial charge in [-0.3, -0.25) is 14.6 Å². The van der Waals surface area contributed by atoms with Crippen LogP contribution in [0.3, 0.4) is 0 Å². The number of nitrogens with one attached hydrogen (secondary N) is 2. The van der Waals surface area contributed by atoms with Crippen molar-refractivity contribution >= 4 is 23.4 Å². The number of benzene rings is 1. The second-order valence-electron chi connectivity index (χ2n) is 5.88. The summed E-state index contributed by atoms with van der Waals surface area (Å²) in [6.07, 6.45) is 2.44. The van der Waals surface area contributed by atoms with Crippen molar-refractivity contribution in [3.05, 3.63) is 64.4 Å². The number of carbonyl (C=O) groups excluding carboxylic acids is 2. The molecule has 0 bridgehead atoms. The van der Waals surface area contributed by atoms with E-state index >= 15 is 0 Å². The summed E-state index contributed by atoms with van der Waals surface area (Å²) in [5.74, 6) is -0.293. The number of piperidine rings is 1. The number of aromatic nitrogens is 1. The van der Waals surface area contributed by atoms with Crippen LogP contribution in [0.2, 0.25) is 5.02 Å². The predicted octanol–water partition coefficient (Wildman–Crippen LogP) is 2.79. The molecule has 1 aromatic heterocycles. The first-order valence-corrected chi connectivity index (χ1v) is 8.19. The van der Waals surface area contributed by atoms with Gasteiger partial charge in [-0.2, -0.15) is 0 Å². The maximum absolute atomic E-state index is 12.6. The van der Waals surface area contributed by atoms with Crippen molar-refractivity contribution in [2.24, 2.45) is 0 Å². The molecular weight excluding hydrogens is 326 g/mol. The SMILES string of the molecule is Cc1cc(Cl)c(C(=O)N[C@@H]2CCC(=O)N[C@H]2c2ccccc2)cn1. The minimum Gasteiger partial charge on any atom is -0.347 e. The summed E-state index contributed by atoms with van der Waals surface area (Å²) >= 11 is 6.15. The van der Waals surface area contributed by atoms with Gasteiger partial charge in [-0.05, 0) is 25.0 Å². The standard InChI is InChI=1S/C18H18ClN3O2/c1-11-9-14(19)13(10-20-11)18(24)21-15-7-8-16(23)22-17(15)12-5-3-2-4-6-12/h2-6,9-10,15,17H,7-8H2,1H3,(H,21,24)(H,22,23)/t15-,17+/m1/s1. The number of hydrogen-bond acceptors (Lipinski definition) is 3. The number of aryl methyl sites for hydroxylation is 1. The first-order chi connectivity index (χ1) is 11.5. The van der Waals surface area contributed by atoms with Gasteiger partial charge in [0.2, 0.25) is 5.91 Å². The van der Waals surface area contributed by atoms with Crippen LogP contribution >= 0.6 is 11.6 Å². The summed E-state index contributed by atoms with van der Waals surface area (Å²) in [7, 11) is 0. The first kappa shape index (κ1) is 16.5. The molecule has 24 heavy (non-hydrogen) atoms. The molecule has 1 aliphatic rings. The molecule has 0 unspecified atom stereocenters. The van der Waals surface area contributed by atoms with E-state index in [2.05, 4.69) is 15.6 Å². The van der Waals surface area contributed by atoms with E-state index in [4.69, 9.17) is 11.6 Å². The Bertz CT molecular complexity index is 764. The molecule has 1 saturated heterocycles. The fourth-order valence-corrected chi connectivity index (χ4v) is 3.16. The van der Waals surface area contributed by atoms with Crippen LogP contribution in [0.25, 0.3) is 0 Å². The summed E-state index contributed by atoms with van der Waals surface area (Å²) in [5, 5.41) is 6.32. The van der Waals surface area contributed by atoms with Gasteiger partial charge in [0.1, 0.15) is 0 Å². The quantitative estimate of drug-likeness (QED) is 0.900. The van der Waals surface area contributed by atoms with E-state index in [0.717, 1.165) is 11.3 Å². The molecule has 6 heteroatoms. The molecule has 124 valence electrons. The summed E-state index contributed by atoms with van der Waals surface area (Å²) in [5.41, 5.74) is 2.05. The van der Waals surface area contributed by atoms with Crippen molar-refractivity contribution in [3.63, 3.8) is 0 Å². The van der Waals surface area contributed by atoms with Gasteiger partial charge in [-0.15, -0.1) is 0 Å².